The number of aromatic nitrogens is 3. The number of amides is 1. The molecule has 45 heavy (non-hydrogen) atoms. The fourth-order valence-electron chi connectivity index (χ4n) is 5.80. The van der Waals surface area contributed by atoms with Crippen molar-refractivity contribution in [3.63, 3.8) is 0 Å². The first-order valence-corrected chi connectivity index (χ1v) is 14.9. The molecule has 1 aliphatic rings. The third kappa shape index (κ3) is 6.12. The number of benzene rings is 3. The number of carbonyl (C=O) groups is 1. The molecule has 0 saturated heterocycles. The van der Waals surface area contributed by atoms with Crippen LogP contribution >= 0.6 is 0 Å². The summed E-state index contributed by atoms with van der Waals surface area (Å²) in [4.78, 5) is 43.0. The smallest absolute Gasteiger partial charge is 0.272 e. The second kappa shape index (κ2) is 12.5. The van der Waals surface area contributed by atoms with E-state index >= 15 is 4.39 Å². The highest BCUT2D eigenvalue weighted by Gasteiger charge is 2.25. The van der Waals surface area contributed by atoms with Crippen LogP contribution in [0.2, 0.25) is 0 Å². The molecule has 0 spiro atoms. The van der Waals surface area contributed by atoms with Crippen molar-refractivity contribution >= 4 is 16.7 Å². The predicted molar refractivity (Wildman–Crippen MR) is 172 cm³/mol. The molecular weight excluding hydrogens is 571 g/mol. The number of carbonyl (C=O) groups excluding carboxylic acids is 1. The third-order valence-corrected chi connectivity index (χ3v) is 8.27. The summed E-state index contributed by atoms with van der Waals surface area (Å²) >= 11 is 0. The summed E-state index contributed by atoms with van der Waals surface area (Å²) in [7, 11) is 1.64. The lowest BCUT2D eigenvalue weighted by Crippen LogP contribution is -2.24. The maximum atomic E-state index is 15.2. The van der Waals surface area contributed by atoms with Crippen LogP contribution in [0.5, 0.6) is 0 Å². The van der Waals surface area contributed by atoms with Gasteiger partial charge in [-0.25, -0.2) is 9.37 Å². The van der Waals surface area contributed by atoms with Crippen molar-refractivity contribution < 1.29 is 14.3 Å². The van der Waals surface area contributed by atoms with Gasteiger partial charge in [-0.3, -0.25) is 19.0 Å². The van der Waals surface area contributed by atoms with Gasteiger partial charge in [0.05, 0.1) is 23.4 Å². The molecule has 8 nitrogen and oxygen atoms in total. The molecule has 0 unspecified atom stereocenters. The number of nitrogens with zero attached hydrogens (tertiary/aromatic N) is 3. The van der Waals surface area contributed by atoms with E-state index in [0.29, 0.717) is 52.5 Å². The Morgan fingerprint density at radius 2 is 1.87 bits per heavy atom. The molecule has 2 aromatic heterocycles. The molecule has 5 aromatic rings. The van der Waals surface area contributed by atoms with Crippen LogP contribution < -0.4 is 16.4 Å². The Morgan fingerprint density at radius 3 is 2.62 bits per heavy atom. The lowest BCUT2D eigenvalue weighted by molar-refractivity contribution is -0.116. The van der Waals surface area contributed by atoms with Crippen LogP contribution in [0.15, 0.2) is 95.3 Å². The van der Waals surface area contributed by atoms with Gasteiger partial charge < -0.3 is 15.0 Å². The molecule has 1 fully saturated rings. The van der Waals surface area contributed by atoms with Gasteiger partial charge in [0.2, 0.25) is 5.91 Å². The standard InChI is InChI=1S/C36H33FN4O4/c1-3-33(43)38-14-12-22-6-4-7-23(16-22)17-30-35(44)40(2)20-31(39-30)27-8-5-9-32(28(27)21-42)41-15-13-25-18-26(24-10-11-24)19-29(37)34(25)36(41)45/h3-9,13,15-16,18-20,24,42H,1,10-12,14,17,21H2,2H3,(H,38,43). The van der Waals surface area contributed by atoms with Gasteiger partial charge in [-0.1, -0.05) is 49.0 Å². The second-order valence-electron chi connectivity index (χ2n) is 11.4. The minimum atomic E-state index is -0.551. The first-order chi connectivity index (χ1) is 21.8. The Balaban J connectivity index is 1.36. The van der Waals surface area contributed by atoms with E-state index in [0.717, 1.165) is 29.5 Å². The number of aliphatic hydroxyl groups excluding tert-OH is 1. The summed E-state index contributed by atoms with van der Waals surface area (Å²) in [6.45, 7) is 3.50. The number of pyridine rings is 1. The number of aliphatic hydroxyl groups is 1. The first kappa shape index (κ1) is 29.9. The number of halogens is 1. The molecule has 228 valence electrons. The van der Waals surface area contributed by atoms with Crippen molar-refractivity contribution in [3.8, 4) is 16.9 Å². The lowest BCUT2D eigenvalue weighted by atomic mass is 10.0. The van der Waals surface area contributed by atoms with Crippen molar-refractivity contribution in [1.29, 1.82) is 0 Å². The molecule has 0 aliphatic heterocycles. The zero-order chi connectivity index (χ0) is 31.7. The maximum Gasteiger partial charge on any atom is 0.272 e. The van der Waals surface area contributed by atoms with Crippen LogP contribution in [0.25, 0.3) is 27.7 Å². The molecule has 1 aliphatic carbocycles. The van der Waals surface area contributed by atoms with Gasteiger partial charge in [0.1, 0.15) is 11.5 Å². The molecule has 9 heteroatoms. The van der Waals surface area contributed by atoms with Crippen molar-refractivity contribution in [2.24, 2.45) is 7.05 Å². The van der Waals surface area contributed by atoms with Crippen molar-refractivity contribution in [2.75, 3.05) is 6.54 Å². The van der Waals surface area contributed by atoms with E-state index in [9.17, 15) is 19.5 Å². The van der Waals surface area contributed by atoms with E-state index in [4.69, 9.17) is 4.98 Å². The topological polar surface area (TPSA) is 106 Å². The van der Waals surface area contributed by atoms with Gasteiger partial charge in [0.15, 0.2) is 0 Å². The highest BCUT2D eigenvalue weighted by molar-refractivity contribution is 5.86. The molecule has 1 saturated carbocycles. The van der Waals surface area contributed by atoms with Gasteiger partial charge >= 0.3 is 0 Å². The number of hydrogen-bond acceptors (Lipinski definition) is 5. The van der Waals surface area contributed by atoms with E-state index in [-0.39, 0.29) is 23.3 Å². The zero-order valence-electron chi connectivity index (χ0n) is 24.9. The first-order valence-electron chi connectivity index (χ1n) is 14.9. The molecule has 3 aromatic carbocycles. The molecular formula is C36H33FN4O4. The highest BCUT2D eigenvalue weighted by atomic mass is 19.1. The summed E-state index contributed by atoms with van der Waals surface area (Å²) in [5.74, 6) is -0.434. The summed E-state index contributed by atoms with van der Waals surface area (Å²) < 4.78 is 18.0. The third-order valence-electron chi connectivity index (χ3n) is 8.27. The predicted octanol–water partition coefficient (Wildman–Crippen LogP) is 4.70. The molecule has 2 N–H and O–H groups in total. The average Bonchev–Trinajstić information content (AvgIpc) is 3.89. The van der Waals surface area contributed by atoms with Crippen molar-refractivity contribution in [2.45, 2.75) is 38.2 Å². The monoisotopic (exact) mass is 604 g/mol. The van der Waals surface area contributed by atoms with Gasteiger partial charge in [0.25, 0.3) is 11.1 Å². The van der Waals surface area contributed by atoms with Crippen LogP contribution in [0.4, 0.5) is 4.39 Å². The van der Waals surface area contributed by atoms with Crippen molar-refractivity contribution in [3.05, 3.63) is 140 Å². The van der Waals surface area contributed by atoms with Gasteiger partial charge in [-0.2, -0.15) is 0 Å². The normalized spacial score (nSPS) is 12.8. The SMILES string of the molecule is C=CC(=O)NCCc1cccc(Cc2nc(-c3cccc(-n4ccc5cc(C6CC6)cc(F)c5c4=O)c3CO)cn(C)c2=O)c1. The Kier molecular flexibility index (Phi) is 8.28. The van der Waals surface area contributed by atoms with Crippen molar-refractivity contribution in [1.82, 2.24) is 19.4 Å². The Morgan fingerprint density at radius 1 is 1.09 bits per heavy atom. The van der Waals surface area contributed by atoms with E-state index in [1.807, 2.05) is 30.3 Å². The molecule has 0 bridgehead atoms. The van der Waals surface area contributed by atoms with Gasteiger partial charge in [0, 0.05) is 43.5 Å². The fraction of sp³-hybridized carbons (Fsp3) is 0.222. The largest absolute Gasteiger partial charge is 0.392 e. The number of aryl methyl sites for hydroxylation is 1. The molecule has 1 amide bonds. The Hall–Kier alpha value is -5.15. The maximum absolute atomic E-state index is 15.2. The average molecular weight is 605 g/mol. The zero-order valence-corrected chi connectivity index (χ0v) is 24.9. The number of rotatable bonds is 10. The minimum Gasteiger partial charge on any atom is -0.392 e. The van der Waals surface area contributed by atoms with E-state index < -0.39 is 18.0 Å². The second-order valence-corrected chi connectivity index (χ2v) is 11.4. The van der Waals surface area contributed by atoms with Gasteiger partial charge in [-0.05, 0) is 71.5 Å². The van der Waals surface area contributed by atoms with Crippen LogP contribution in [-0.4, -0.2) is 31.7 Å². The number of nitrogens with one attached hydrogen (secondary N) is 1. The van der Waals surface area contributed by atoms with Crippen LogP contribution in [-0.2, 0) is 31.3 Å². The molecule has 0 radical (unpaired) electrons. The van der Waals surface area contributed by atoms with E-state index in [1.54, 1.807) is 43.7 Å². The number of hydrogen-bond donors (Lipinski definition) is 2. The summed E-state index contributed by atoms with van der Waals surface area (Å²) in [5, 5.41) is 13.9. The van der Waals surface area contributed by atoms with Crippen LogP contribution in [0, 0.1) is 5.82 Å². The van der Waals surface area contributed by atoms with E-state index in [1.165, 1.54) is 21.3 Å². The highest BCUT2D eigenvalue weighted by Crippen LogP contribution is 2.41. The van der Waals surface area contributed by atoms with Crippen LogP contribution in [0.1, 0.15) is 46.7 Å². The Labute approximate surface area is 259 Å². The van der Waals surface area contributed by atoms with E-state index in [2.05, 4.69) is 11.9 Å². The lowest BCUT2D eigenvalue weighted by Gasteiger charge is -2.16. The van der Waals surface area contributed by atoms with Crippen LogP contribution in [0.3, 0.4) is 0 Å². The molecule has 0 atom stereocenters. The summed E-state index contributed by atoms with van der Waals surface area (Å²) in [6.07, 6.45) is 7.38. The Bertz CT molecular complexity index is 2080. The molecule has 6 rings (SSSR count). The quantitative estimate of drug-likeness (QED) is 0.225. The minimum absolute atomic E-state index is 0.00373. The number of fused-ring (bicyclic) bond motifs is 1. The molecule has 2 heterocycles. The fourth-order valence-corrected chi connectivity index (χ4v) is 5.80. The van der Waals surface area contributed by atoms with Gasteiger partial charge in [-0.15, -0.1) is 0 Å². The summed E-state index contributed by atoms with van der Waals surface area (Å²) in [5.41, 5.74) is 4.18. The summed E-state index contributed by atoms with van der Waals surface area (Å²) in [6, 6.07) is 18.0.